The van der Waals surface area contributed by atoms with Crippen molar-refractivity contribution in [1.29, 1.82) is 0 Å². The van der Waals surface area contributed by atoms with Crippen molar-refractivity contribution in [2.45, 2.75) is 66.2 Å². The zero-order valence-corrected chi connectivity index (χ0v) is 18.1. The van der Waals surface area contributed by atoms with E-state index in [0.717, 1.165) is 11.1 Å². The molecule has 0 fully saturated rings. The lowest BCUT2D eigenvalue weighted by Gasteiger charge is -2.37. The molecule has 2 aromatic rings. The van der Waals surface area contributed by atoms with Crippen molar-refractivity contribution in [3.63, 3.8) is 0 Å². The average Bonchev–Trinajstić information content (AvgIpc) is 2.71. The van der Waals surface area contributed by atoms with Gasteiger partial charge < -0.3 is 19.7 Å². The Morgan fingerprint density at radius 1 is 0.600 bits per heavy atom. The lowest BCUT2D eigenvalue weighted by atomic mass is 9.71. The summed E-state index contributed by atoms with van der Waals surface area (Å²) in [4.78, 5) is 25.1. The third kappa shape index (κ3) is 2.70. The molecule has 2 unspecified atom stereocenters. The standard InChI is InChI=1S/C24H26O6/c1-9-11(3)23-19(13(5)21(9)27)15(7-17(25)29-23)16-8-18(26)30-24-12(4)10(2)22(28)14(6)20(16)24/h15-16,27-28H,7-8H2,1-6H3. The van der Waals surface area contributed by atoms with Crippen LogP contribution in [0.1, 0.15) is 69.2 Å². The molecule has 2 aliphatic heterocycles. The van der Waals surface area contributed by atoms with Gasteiger partial charge in [-0.1, -0.05) is 0 Å². The van der Waals surface area contributed by atoms with Crippen LogP contribution in [0, 0.1) is 41.5 Å². The van der Waals surface area contributed by atoms with Gasteiger partial charge in [-0.05, 0) is 74.9 Å². The van der Waals surface area contributed by atoms with E-state index in [-0.39, 0.29) is 48.1 Å². The van der Waals surface area contributed by atoms with Crippen LogP contribution in [0.5, 0.6) is 23.0 Å². The minimum absolute atomic E-state index is 0.0836. The molecule has 6 nitrogen and oxygen atoms in total. The van der Waals surface area contributed by atoms with Crippen LogP contribution >= 0.6 is 0 Å². The number of carbonyl (C=O) groups excluding carboxylic acids is 2. The zero-order chi connectivity index (χ0) is 22.1. The van der Waals surface area contributed by atoms with Gasteiger partial charge in [0.05, 0.1) is 12.8 Å². The largest absolute Gasteiger partial charge is 0.507 e. The number of ether oxygens (including phenoxy) is 2. The van der Waals surface area contributed by atoms with Crippen molar-refractivity contribution in [2.75, 3.05) is 0 Å². The molecule has 30 heavy (non-hydrogen) atoms. The monoisotopic (exact) mass is 410 g/mol. The number of hydrogen-bond donors (Lipinski definition) is 2. The zero-order valence-electron chi connectivity index (χ0n) is 18.1. The van der Waals surface area contributed by atoms with Crippen molar-refractivity contribution in [1.82, 2.24) is 0 Å². The molecule has 0 aliphatic carbocycles. The normalized spacial score (nSPS) is 20.3. The summed E-state index contributed by atoms with van der Waals surface area (Å²) in [6, 6.07) is 0. The highest BCUT2D eigenvalue weighted by atomic mass is 16.5. The number of benzene rings is 2. The van der Waals surface area contributed by atoms with Crippen LogP contribution in [0.2, 0.25) is 0 Å². The average molecular weight is 410 g/mol. The quantitative estimate of drug-likeness (QED) is 0.534. The number of phenols is 2. The lowest BCUT2D eigenvalue weighted by molar-refractivity contribution is -0.139. The van der Waals surface area contributed by atoms with E-state index >= 15 is 0 Å². The molecule has 2 aliphatic rings. The Kier molecular flexibility index (Phi) is 4.56. The summed E-state index contributed by atoms with van der Waals surface area (Å²) in [7, 11) is 0. The molecule has 2 aromatic carbocycles. The first kappa shape index (κ1) is 20.3. The first-order chi connectivity index (χ1) is 14.0. The Labute approximate surface area is 175 Å². The highest BCUT2D eigenvalue weighted by Gasteiger charge is 2.43. The van der Waals surface area contributed by atoms with Crippen LogP contribution in [0.3, 0.4) is 0 Å². The van der Waals surface area contributed by atoms with E-state index in [2.05, 4.69) is 0 Å². The summed E-state index contributed by atoms with van der Waals surface area (Å²) in [5, 5.41) is 21.4. The summed E-state index contributed by atoms with van der Waals surface area (Å²) in [5.74, 6) is -0.209. The Morgan fingerprint density at radius 3 is 1.27 bits per heavy atom. The van der Waals surface area contributed by atoms with Gasteiger partial charge in [0.15, 0.2) is 0 Å². The fourth-order valence-corrected chi connectivity index (χ4v) is 4.98. The van der Waals surface area contributed by atoms with E-state index in [1.54, 1.807) is 27.7 Å². The predicted molar refractivity (Wildman–Crippen MR) is 111 cm³/mol. The molecule has 4 rings (SSSR count). The number of hydrogen-bond acceptors (Lipinski definition) is 6. The second kappa shape index (κ2) is 6.76. The highest BCUT2D eigenvalue weighted by molar-refractivity contribution is 5.83. The molecule has 0 amide bonds. The molecule has 0 saturated heterocycles. The minimum Gasteiger partial charge on any atom is -0.507 e. The molecular weight excluding hydrogens is 384 g/mol. The van der Waals surface area contributed by atoms with Crippen LogP contribution in [-0.2, 0) is 9.59 Å². The van der Waals surface area contributed by atoms with Gasteiger partial charge in [0.2, 0.25) is 0 Å². The number of aromatic hydroxyl groups is 2. The van der Waals surface area contributed by atoms with Crippen LogP contribution < -0.4 is 9.47 Å². The summed E-state index contributed by atoms with van der Waals surface area (Å²) < 4.78 is 11.2. The maximum Gasteiger partial charge on any atom is 0.311 e. The fourth-order valence-electron chi connectivity index (χ4n) is 4.98. The SMILES string of the molecule is Cc1c(C)c2c(c(C)c1O)C(C1CC(=O)Oc3c(C)c(C)c(O)c(C)c31)CC(=O)O2. The van der Waals surface area contributed by atoms with Crippen molar-refractivity contribution in [3.05, 3.63) is 44.5 Å². The fraction of sp³-hybridized carbons (Fsp3) is 0.417. The maximum atomic E-state index is 12.6. The number of carbonyl (C=O) groups is 2. The Balaban J connectivity index is 2.01. The molecule has 0 bridgehead atoms. The van der Waals surface area contributed by atoms with Crippen LogP contribution in [0.25, 0.3) is 0 Å². The number of fused-ring (bicyclic) bond motifs is 2. The van der Waals surface area contributed by atoms with Crippen LogP contribution in [-0.4, -0.2) is 22.2 Å². The lowest BCUT2D eigenvalue weighted by Crippen LogP contribution is -2.31. The molecule has 0 radical (unpaired) electrons. The molecule has 0 aromatic heterocycles. The van der Waals surface area contributed by atoms with E-state index in [1.165, 1.54) is 0 Å². The third-order valence-corrected chi connectivity index (χ3v) is 6.96. The minimum atomic E-state index is -0.377. The van der Waals surface area contributed by atoms with Crippen molar-refractivity contribution >= 4 is 11.9 Å². The van der Waals surface area contributed by atoms with Gasteiger partial charge in [0.25, 0.3) is 0 Å². The Morgan fingerprint density at radius 2 is 0.933 bits per heavy atom. The van der Waals surface area contributed by atoms with E-state index in [1.807, 2.05) is 13.8 Å². The molecule has 158 valence electrons. The summed E-state index contributed by atoms with van der Waals surface area (Å²) in [5.41, 5.74) is 5.56. The van der Waals surface area contributed by atoms with Crippen molar-refractivity contribution < 1.29 is 29.3 Å². The maximum absolute atomic E-state index is 12.6. The number of rotatable bonds is 1. The van der Waals surface area contributed by atoms with E-state index < -0.39 is 0 Å². The molecule has 6 heteroatoms. The molecule has 0 spiro atoms. The highest BCUT2D eigenvalue weighted by Crippen LogP contribution is 2.55. The second-order valence-electron chi connectivity index (χ2n) is 8.50. The van der Waals surface area contributed by atoms with Gasteiger partial charge in [-0.25, -0.2) is 0 Å². The number of esters is 2. The number of phenolic OH excluding ortho intramolecular Hbond substituents is 2. The summed E-state index contributed by atoms with van der Waals surface area (Å²) in [6.45, 7) is 10.8. The molecule has 2 atom stereocenters. The first-order valence-electron chi connectivity index (χ1n) is 10.1. The smallest absolute Gasteiger partial charge is 0.311 e. The third-order valence-electron chi connectivity index (χ3n) is 6.96. The summed E-state index contributed by atoms with van der Waals surface area (Å²) >= 11 is 0. The van der Waals surface area contributed by atoms with E-state index in [0.29, 0.717) is 44.9 Å². The van der Waals surface area contributed by atoms with Crippen LogP contribution in [0.15, 0.2) is 0 Å². The Hall–Kier alpha value is -3.02. The molecular formula is C24H26O6. The summed E-state index contributed by atoms with van der Waals surface area (Å²) in [6.07, 6.45) is 0.167. The second-order valence-corrected chi connectivity index (χ2v) is 8.50. The van der Waals surface area contributed by atoms with Crippen molar-refractivity contribution in [3.8, 4) is 23.0 Å². The molecule has 2 N–H and O–H groups in total. The van der Waals surface area contributed by atoms with E-state index in [4.69, 9.17) is 9.47 Å². The van der Waals surface area contributed by atoms with Gasteiger partial charge >= 0.3 is 11.9 Å². The van der Waals surface area contributed by atoms with Crippen molar-refractivity contribution in [2.24, 2.45) is 0 Å². The first-order valence-corrected chi connectivity index (χ1v) is 10.1. The van der Waals surface area contributed by atoms with E-state index in [9.17, 15) is 19.8 Å². The van der Waals surface area contributed by atoms with Gasteiger partial charge in [-0.2, -0.15) is 0 Å². The van der Waals surface area contributed by atoms with Gasteiger partial charge in [-0.15, -0.1) is 0 Å². The van der Waals surface area contributed by atoms with Crippen LogP contribution in [0.4, 0.5) is 0 Å². The van der Waals surface area contributed by atoms with Gasteiger partial charge in [0.1, 0.15) is 23.0 Å². The predicted octanol–water partition coefficient (Wildman–Crippen LogP) is 4.43. The van der Waals surface area contributed by atoms with Gasteiger partial charge in [0, 0.05) is 23.0 Å². The van der Waals surface area contributed by atoms with Gasteiger partial charge in [-0.3, -0.25) is 9.59 Å². The molecule has 2 heterocycles. The Bertz CT molecular complexity index is 1040. The topological polar surface area (TPSA) is 93.1 Å². The molecule has 0 saturated carbocycles.